The van der Waals surface area contributed by atoms with Crippen molar-refractivity contribution in [1.82, 2.24) is 0 Å². The van der Waals surface area contributed by atoms with E-state index in [2.05, 4.69) is 0 Å². The third-order valence-corrected chi connectivity index (χ3v) is 2.49. The van der Waals surface area contributed by atoms with E-state index in [0.29, 0.717) is 5.75 Å². The molecule has 7 nitrogen and oxygen atoms in total. The average Bonchev–Trinajstić information content (AvgIpc) is 2.45. The highest BCUT2D eigenvalue weighted by Crippen LogP contribution is 2.16. The first-order valence-electron chi connectivity index (χ1n) is 6.46. The summed E-state index contributed by atoms with van der Waals surface area (Å²) in [7, 11) is 0. The first-order valence-corrected chi connectivity index (χ1v) is 6.46. The molecule has 118 valence electrons. The number of carbonyl (C=O) groups excluding carboxylic acids is 2. The monoisotopic (exact) mass is 308 g/mol. The first-order chi connectivity index (χ1) is 10.4. The molecule has 0 aliphatic heterocycles. The maximum absolute atomic E-state index is 11.5. The van der Waals surface area contributed by atoms with Crippen molar-refractivity contribution in [2.45, 2.75) is 19.8 Å². The smallest absolute Gasteiger partial charge is 0.333 e. The lowest BCUT2D eigenvalue weighted by atomic mass is 10.3. The van der Waals surface area contributed by atoms with E-state index in [-0.39, 0.29) is 30.8 Å². The highest BCUT2D eigenvalue weighted by atomic mass is 16.5. The van der Waals surface area contributed by atoms with Crippen LogP contribution >= 0.6 is 0 Å². The molecular weight excluding hydrogens is 292 g/mol. The molecule has 1 rings (SSSR count). The molecule has 2 N–H and O–H groups in total. The van der Waals surface area contributed by atoms with Gasteiger partial charge in [-0.3, -0.25) is 4.79 Å². The Hall–Kier alpha value is -2.83. The zero-order valence-corrected chi connectivity index (χ0v) is 11.9. The molecule has 0 radical (unpaired) electrons. The number of carbonyl (C=O) groups is 3. The van der Waals surface area contributed by atoms with Crippen LogP contribution in [0.25, 0.3) is 0 Å². The standard InChI is InChI=1S/C15H16O7/c1-10(9-13(17)18)15(20)21-8-2-3-14(19)22-12-6-4-11(16)5-7-12/h4-7,9,16H,2-3,8H2,1H3,(H,17,18)/b10-9+. The van der Waals surface area contributed by atoms with E-state index >= 15 is 0 Å². The van der Waals surface area contributed by atoms with Crippen molar-refractivity contribution < 1.29 is 34.1 Å². The molecule has 7 heteroatoms. The van der Waals surface area contributed by atoms with Crippen molar-refractivity contribution in [2.24, 2.45) is 0 Å². The van der Waals surface area contributed by atoms with Crippen LogP contribution in [0.15, 0.2) is 35.9 Å². The minimum Gasteiger partial charge on any atom is -0.508 e. The van der Waals surface area contributed by atoms with Crippen molar-refractivity contribution >= 4 is 17.9 Å². The number of rotatable bonds is 7. The van der Waals surface area contributed by atoms with Gasteiger partial charge in [0.2, 0.25) is 0 Å². The maximum Gasteiger partial charge on any atom is 0.333 e. The molecule has 0 amide bonds. The number of ether oxygens (including phenoxy) is 2. The predicted molar refractivity (Wildman–Crippen MR) is 75.3 cm³/mol. The Morgan fingerprint density at radius 2 is 1.82 bits per heavy atom. The Morgan fingerprint density at radius 3 is 2.41 bits per heavy atom. The van der Waals surface area contributed by atoms with E-state index in [4.69, 9.17) is 19.7 Å². The van der Waals surface area contributed by atoms with E-state index in [1.807, 2.05) is 0 Å². The zero-order valence-electron chi connectivity index (χ0n) is 11.9. The molecule has 0 saturated carbocycles. The van der Waals surface area contributed by atoms with Crippen LogP contribution in [0.3, 0.4) is 0 Å². The number of aromatic hydroxyl groups is 1. The molecule has 0 atom stereocenters. The largest absolute Gasteiger partial charge is 0.508 e. The van der Waals surface area contributed by atoms with Gasteiger partial charge in [0, 0.05) is 18.1 Å². The molecule has 0 aromatic heterocycles. The van der Waals surface area contributed by atoms with Crippen LogP contribution in [0, 0.1) is 0 Å². The number of hydrogen-bond donors (Lipinski definition) is 2. The van der Waals surface area contributed by atoms with Gasteiger partial charge in [-0.05, 0) is 37.6 Å². The van der Waals surface area contributed by atoms with Gasteiger partial charge in [0.15, 0.2) is 0 Å². The predicted octanol–water partition coefficient (Wildman–Crippen LogP) is 1.65. The van der Waals surface area contributed by atoms with Crippen LogP contribution in [-0.2, 0) is 19.1 Å². The van der Waals surface area contributed by atoms with Gasteiger partial charge < -0.3 is 19.7 Å². The number of phenols is 1. The average molecular weight is 308 g/mol. The summed E-state index contributed by atoms with van der Waals surface area (Å²) in [5.41, 5.74) is -0.0285. The summed E-state index contributed by atoms with van der Waals surface area (Å²) in [5, 5.41) is 17.6. The van der Waals surface area contributed by atoms with Crippen LogP contribution in [0.2, 0.25) is 0 Å². The number of benzene rings is 1. The summed E-state index contributed by atoms with van der Waals surface area (Å²) in [6.45, 7) is 1.31. The van der Waals surface area contributed by atoms with E-state index in [9.17, 15) is 14.4 Å². The summed E-state index contributed by atoms with van der Waals surface area (Å²) < 4.78 is 9.81. The third-order valence-electron chi connectivity index (χ3n) is 2.49. The topological polar surface area (TPSA) is 110 Å². The molecule has 0 fully saturated rings. The van der Waals surface area contributed by atoms with Gasteiger partial charge in [-0.2, -0.15) is 0 Å². The number of phenolic OH excluding ortho intramolecular Hbond substituents is 1. The van der Waals surface area contributed by atoms with Crippen LogP contribution in [0.4, 0.5) is 0 Å². The van der Waals surface area contributed by atoms with Crippen molar-refractivity contribution in [1.29, 1.82) is 0 Å². The molecule has 0 bridgehead atoms. The SMILES string of the molecule is C/C(=C\C(=O)O)C(=O)OCCCC(=O)Oc1ccc(O)cc1. The van der Waals surface area contributed by atoms with Crippen molar-refractivity contribution in [3.63, 3.8) is 0 Å². The zero-order chi connectivity index (χ0) is 16.5. The highest BCUT2D eigenvalue weighted by molar-refractivity contribution is 5.95. The fourth-order valence-corrected chi connectivity index (χ4v) is 1.44. The summed E-state index contributed by atoms with van der Waals surface area (Å²) in [6.07, 6.45) is 1.04. The minimum absolute atomic E-state index is 0.0195. The van der Waals surface area contributed by atoms with Gasteiger partial charge in [-0.15, -0.1) is 0 Å². The second-order valence-corrected chi connectivity index (χ2v) is 4.37. The number of carboxylic acid groups (broad SMARTS) is 1. The van der Waals surface area contributed by atoms with Crippen molar-refractivity contribution in [2.75, 3.05) is 6.61 Å². The van der Waals surface area contributed by atoms with Crippen molar-refractivity contribution in [3.05, 3.63) is 35.9 Å². The quantitative estimate of drug-likeness (QED) is 0.341. The number of carboxylic acids is 1. The van der Waals surface area contributed by atoms with Gasteiger partial charge in [0.05, 0.1) is 6.61 Å². The van der Waals surface area contributed by atoms with E-state index in [1.54, 1.807) is 0 Å². The highest BCUT2D eigenvalue weighted by Gasteiger charge is 2.09. The molecular formula is C15H16O7. The molecule has 0 spiro atoms. The van der Waals surface area contributed by atoms with E-state index in [1.165, 1.54) is 31.2 Å². The molecule has 0 aliphatic carbocycles. The molecule has 0 aliphatic rings. The molecule has 1 aromatic rings. The van der Waals surface area contributed by atoms with Crippen LogP contribution in [-0.4, -0.2) is 34.7 Å². The maximum atomic E-state index is 11.5. The number of esters is 2. The lowest BCUT2D eigenvalue weighted by Gasteiger charge is -2.06. The van der Waals surface area contributed by atoms with Gasteiger partial charge in [-0.25, -0.2) is 9.59 Å². The Kier molecular flexibility index (Phi) is 6.62. The fourth-order valence-electron chi connectivity index (χ4n) is 1.44. The number of aliphatic carboxylic acids is 1. The second kappa shape index (κ2) is 8.46. The summed E-state index contributed by atoms with van der Waals surface area (Å²) >= 11 is 0. The lowest BCUT2D eigenvalue weighted by molar-refractivity contribution is -0.141. The lowest BCUT2D eigenvalue weighted by Crippen LogP contribution is -2.12. The number of hydrogen-bond acceptors (Lipinski definition) is 6. The molecule has 1 aromatic carbocycles. The Morgan fingerprint density at radius 1 is 1.18 bits per heavy atom. The van der Waals surface area contributed by atoms with Gasteiger partial charge in [-0.1, -0.05) is 0 Å². The summed E-state index contributed by atoms with van der Waals surface area (Å²) in [5.74, 6) is -2.10. The Bertz CT molecular complexity index is 572. The minimum atomic E-state index is -1.23. The summed E-state index contributed by atoms with van der Waals surface area (Å²) in [6, 6.07) is 5.69. The first kappa shape index (κ1) is 17.2. The van der Waals surface area contributed by atoms with Crippen LogP contribution in [0.1, 0.15) is 19.8 Å². The third kappa shape index (κ3) is 6.56. The van der Waals surface area contributed by atoms with Crippen molar-refractivity contribution in [3.8, 4) is 11.5 Å². The van der Waals surface area contributed by atoms with Gasteiger partial charge in [0.1, 0.15) is 11.5 Å². The Labute approximate surface area is 126 Å². The molecule has 0 unspecified atom stereocenters. The normalized spacial score (nSPS) is 10.9. The van der Waals surface area contributed by atoms with Crippen LogP contribution < -0.4 is 4.74 Å². The fraction of sp³-hybridized carbons (Fsp3) is 0.267. The van der Waals surface area contributed by atoms with Gasteiger partial charge >= 0.3 is 17.9 Å². The van der Waals surface area contributed by atoms with E-state index in [0.717, 1.165) is 6.08 Å². The molecule has 0 heterocycles. The van der Waals surface area contributed by atoms with Gasteiger partial charge in [0.25, 0.3) is 0 Å². The van der Waals surface area contributed by atoms with Crippen LogP contribution in [0.5, 0.6) is 11.5 Å². The second-order valence-electron chi connectivity index (χ2n) is 4.37. The molecule has 22 heavy (non-hydrogen) atoms. The molecule has 0 saturated heterocycles. The Balaban J connectivity index is 2.27. The van der Waals surface area contributed by atoms with E-state index < -0.39 is 17.9 Å². The summed E-state index contributed by atoms with van der Waals surface area (Å²) in [4.78, 5) is 33.2.